The number of rotatable bonds is 1. The average molecular weight is 348 g/mol. The lowest BCUT2D eigenvalue weighted by Crippen LogP contribution is -2.40. The van der Waals surface area contributed by atoms with Crippen LogP contribution in [0.1, 0.15) is 66.2 Å². The predicted octanol–water partition coefficient (Wildman–Crippen LogP) is 4.24. The number of carbonyl (C=O) groups excluding carboxylic acids is 1. The van der Waals surface area contributed by atoms with Crippen LogP contribution in [0.15, 0.2) is 34.4 Å². The maximum absolute atomic E-state index is 12.0. The third kappa shape index (κ3) is 5.05. The first-order valence-electron chi connectivity index (χ1n) is 9.23. The highest BCUT2D eigenvalue weighted by Crippen LogP contribution is 2.31. The molecule has 1 N–H and O–H groups in total. The molecule has 0 saturated heterocycles. The smallest absolute Gasteiger partial charge is 0.334 e. The van der Waals surface area contributed by atoms with E-state index in [1.54, 1.807) is 7.11 Å². The third-order valence-electron chi connectivity index (χ3n) is 5.51. The van der Waals surface area contributed by atoms with Gasteiger partial charge in [0.25, 0.3) is 0 Å². The summed E-state index contributed by atoms with van der Waals surface area (Å²) in [5, 5.41) is 10.8. The Morgan fingerprint density at radius 2 is 1.92 bits per heavy atom. The Kier molecular flexibility index (Phi) is 6.64. The highest BCUT2D eigenvalue weighted by atomic mass is 16.5. The fourth-order valence-electron chi connectivity index (χ4n) is 3.67. The van der Waals surface area contributed by atoms with Crippen LogP contribution in [0.4, 0.5) is 0 Å². The number of fused-ring (bicyclic) bond motifs is 1. The first kappa shape index (κ1) is 19.9. The van der Waals surface area contributed by atoms with Crippen molar-refractivity contribution in [1.29, 1.82) is 0 Å². The van der Waals surface area contributed by atoms with Crippen molar-refractivity contribution in [3.05, 3.63) is 34.4 Å². The van der Waals surface area contributed by atoms with Gasteiger partial charge in [0, 0.05) is 12.7 Å². The molecule has 2 rings (SSSR count). The zero-order chi connectivity index (χ0) is 18.6. The third-order valence-corrected chi connectivity index (χ3v) is 5.51. The van der Waals surface area contributed by atoms with Crippen molar-refractivity contribution in [1.82, 2.24) is 0 Å². The van der Waals surface area contributed by atoms with Gasteiger partial charge in [-0.25, -0.2) is 4.79 Å². The molecule has 140 valence electrons. The molecule has 4 heteroatoms. The van der Waals surface area contributed by atoms with Crippen molar-refractivity contribution in [3.63, 3.8) is 0 Å². The van der Waals surface area contributed by atoms with E-state index >= 15 is 0 Å². The van der Waals surface area contributed by atoms with Crippen LogP contribution in [0.2, 0.25) is 0 Å². The van der Waals surface area contributed by atoms with Crippen molar-refractivity contribution < 1.29 is 19.4 Å². The molecule has 0 spiro atoms. The monoisotopic (exact) mass is 348 g/mol. The van der Waals surface area contributed by atoms with Crippen molar-refractivity contribution in [3.8, 4) is 0 Å². The van der Waals surface area contributed by atoms with E-state index in [2.05, 4.69) is 26.0 Å². The summed E-state index contributed by atoms with van der Waals surface area (Å²) in [6, 6.07) is 0. The lowest BCUT2D eigenvalue weighted by Gasteiger charge is -2.32. The first-order valence-corrected chi connectivity index (χ1v) is 9.23. The van der Waals surface area contributed by atoms with Gasteiger partial charge in [-0.05, 0) is 77.9 Å². The largest absolute Gasteiger partial charge is 0.450 e. The normalized spacial score (nSPS) is 36.6. The standard InChI is InChI=1S/C21H32O4/c1-14-7-6-12-21(4,23)19(24-5)11-9-15(2)13-18-17(10-8-14)16(3)20(22)25-18/h7,13,18-19,23H,6,8-12H2,1-5H3/b14-7+,15-13+/t18-,19-,21-/m0/s1. The number of esters is 1. The number of ether oxygens (including phenoxy) is 2. The predicted molar refractivity (Wildman–Crippen MR) is 99.2 cm³/mol. The summed E-state index contributed by atoms with van der Waals surface area (Å²) >= 11 is 0. The van der Waals surface area contributed by atoms with Crippen LogP contribution in [0.25, 0.3) is 0 Å². The molecule has 1 aliphatic heterocycles. The van der Waals surface area contributed by atoms with E-state index in [1.807, 2.05) is 13.8 Å². The molecule has 0 bridgehead atoms. The summed E-state index contributed by atoms with van der Waals surface area (Å²) < 4.78 is 11.1. The maximum atomic E-state index is 12.0. The number of methoxy groups -OCH3 is 1. The van der Waals surface area contributed by atoms with Gasteiger partial charge < -0.3 is 14.6 Å². The molecule has 0 aromatic rings. The second kappa shape index (κ2) is 8.33. The molecule has 0 unspecified atom stereocenters. The molecule has 0 radical (unpaired) electrons. The van der Waals surface area contributed by atoms with Crippen molar-refractivity contribution >= 4 is 5.97 Å². The topological polar surface area (TPSA) is 55.8 Å². The Labute approximate surface area is 151 Å². The second-order valence-electron chi connectivity index (χ2n) is 7.70. The van der Waals surface area contributed by atoms with Gasteiger partial charge in [0.1, 0.15) is 6.10 Å². The van der Waals surface area contributed by atoms with Crippen LogP contribution in [-0.4, -0.2) is 36.0 Å². The Morgan fingerprint density at radius 1 is 1.20 bits per heavy atom. The fourth-order valence-corrected chi connectivity index (χ4v) is 3.67. The van der Waals surface area contributed by atoms with Gasteiger partial charge in [-0.1, -0.05) is 17.2 Å². The van der Waals surface area contributed by atoms with Crippen LogP contribution in [0, 0.1) is 0 Å². The molecule has 0 fully saturated rings. The Morgan fingerprint density at radius 3 is 2.60 bits per heavy atom. The van der Waals surface area contributed by atoms with Crippen LogP contribution >= 0.6 is 0 Å². The highest BCUT2D eigenvalue weighted by molar-refractivity contribution is 5.92. The van der Waals surface area contributed by atoms with Crippen LogP contribution < -0.4 is 0 Å². The van der Waals surface area contributed by atoms with E-state index < -0.39 is 5.60 Å². The lowest BCUT2D eigenvalue weighted by molar-refractivity contribution is -0.138. The summed E-state index contributed by atoms with van der Waals surface area (Å²) in [6.07, 6.45) is 8.58. The number of hydrogen-bond donors (Lipinski definition) is 1. The second-order valence-corrected chi connectivity index (χ2v) is 7.70. The minimum atomic E-state index is -0.850. The molecule has 0 saturated carbocycles. The van der Waals surface area contributed by atoms with E-state index in [-0.39, 0.29) is 18.2 Å². The quantitative estimate of drug-likeness (QED) is 0.569. The van der Waals surface area contributed by atoms with E-state index in [0.29, 0.717) is 6.42 Å². The molecule has 1 heterocycles. The Bertz CT molecular complexity index is 595. The molecule has 4 nitrogen and oxygen atoms in total. The highest BCUT2D eigenvalue weighted by Gasteiger charge is 2.32. The van der Waals surface area contributed by atoms with E-state index in [4.69, 9.17) is 9.47 Å². The van der Waals surface area contributed by atoms with Gasteiger partial charge in [-0.3, -0.25) is 0 Å². The molecule has 0 aromatic carbocycles. The summed E-state index contributed by atoms with van der Waals surface area (Å²) in [5.74, 6) is -0.201. The van der Waals surface area contributed by atoms with Crippen molar-refractivity contribution in [2.75, 3.05) is 7.11 Å². The minimum Gasteiger partial charge on any atom is -0.450 e. The number of aliphatic hydroxyl groups is 1. The molecule has 0 amide bonds. The summed E-state index contributed by atoms with van der Waals surface area (Å²) in [5.41, 5.74) is 3.45. The molecular weight excluding hydrogens is 316 g/mol. The average Bonchev–Trinajstić information content (AvgIpc) is 2.79. The van der Waals surface area contributed by atoms with Crippen LogP contribution in [-0.2, 0) is 14.3 Å². The fraction of sp³-hybridized carbons (Fsp3) is 0.667. The SMILES string of the molecule is CO[C@H]1CC/C(C)=C/[C@@H]2OC(=O)C(C)=C2CC/C(C)=C/CC[C@]1(C)O. The van der Waals surface area contributed by atoms with Crippen LogP contribution in [0.5, 0.6) is 0 Å². The number of allylic oxidation sites excluding steroid dienone is 3. The lowest BCUT2D eigenvalue weighted by atomic mass is 9.88. The van der Waals surface area contributed by atoms with Gasteiger partial charge >= 0.3 is 5.97 Å². The van der Waals surface area contributed by atoms with Gasteiger partial charge in [-0.15, -0.1) is 0 Å². The van der Waals surface area contributed by atoms with Crippen molar-refractivity contribution in [2.24, 2.45) is 0 Å². The molecule has 25 heavy (non-hydrogen) atoms. The summed E-state index contributed by atoms with van der Waals surface area (Å²) in [6.45, 7) is 7.88. The van der Waals surface area contributed by atoms with Gasteiger partial charge in [0.05, 0.1) is 11.7 Å². The van der Waals surface area contributed by atoms with Gasteiger partial charge in [0.15, 0.2) is 0 Å². The zero-order valence-corrected chi connectivity index (χ0v) is 16.2. The van der Waals surface area contributed by atoms with Crippen LogP contribution in [0.3, 0.4) is 0 Å². The van der Waals surface area contributed by atoms with E-state index in [0.717, 1.165) is 48.8 Å². The molecule has 3 atom stereocenters. The van der Waals surface area contributed by atoms with Gasteiger partial charge in [0.2, 0.25) is 0 Å². The molecule has 2 aliphatic rings. The van der Waals surface area contributed by atoms with E-state index in [1.165, 1.54) is 5.57 Å². The van der Waals surface area contributed by atoms with Gasteiger partial charge in [-0.2, -0.15) is 0 Å². The molecular formula is C21H32O4. The molecule has 1 aliphatic carbocycles. The Hall–Kier alpha value is -1.39. The summed E-state index contributed by atoms with van der Waals surface area (Å²) in [7, 11) is 1.66. The summed E-state index contributed by atoms with van der Waals surface area (Å²) in [4.78, 5) is 12.0. The van der Waals surface area contributed by atoms with E-state index in [9.17, 15) is 9.90 Å². The number of carbonyl (C=O) groups is 1. The maximum Gasteiger partial charge on any atom is 0.334 e. The first-order chi connectivity index (χ1) is 11.7. The number of hydrogen-bond acceptors (Lipinski definition) is 4. The van der Waals surface area contributed by atoms with Crippen molar-refractivity contribution in [2.45, 2.75) is 84.0 Å². The minimum absolute atomic E-state index is 0.201. The molecule has 0 aromatic heterocycles. The Balaban J connectivity index is 2.27. The zero-order valence-electron chi connectivity index (χ0n) is 16.2.